The molecule has 0 saturated heterocycles. The molecule has 9 nitrogen and oxygen atoms in total. The van der Waals surface area contributed by atoms with Gasteiger partial charge in [0, 0.05) is 22.9 Å². The highest BCUT2D eigenvalue weighted by atomic mass is 35.5. The molecular weight excluding hydrogens is 514 g/mol. The topological polar surface area (TPSA) is 142 Å². The third kappa shape index (κ3) is 6.27. The summed E-state index contributed by atoms with van der Waals surface area (Å²) in [5, 5.41) is 13.0. The Morgan fingerprint density at radius 1 is 1.24 bits per heavy atom. The molecule has 1 aromatic carbocycles. The number of fused-ring (bicyclic) bond motifs is 1. The minimum atomic E-state index is -4.01. The smallest absolute Gasteiger partial charge is 0.260 e. The Morgan fingerprint density at radius 2 is 1.92 bits per heavy atom. The van der Waals surface area contributed by atoms with E-state index in [4.69, 9.17) is 21.4 Å². The SMILES string of the molecule is C[NH2+]/C=C(\C=N)c1oc2c([C@@H](C)Nc3ccc(Cl)nc3S(=O)(=O)NC(C)(C)C)cc(C)cc2c(=O)c1C. The van der Waals surface area contributed by atoms with Crippen LogP contribution in [0.2, 0.25) is 5.15 Å². The molecule has 3 aromatic rings. The molecule has 0 fully saturated rings. The summed E-state index contributed by atoms with van der Waals surface area (Å²) in [6.45, 7) is 10.6. The number of halogens is 1. The number of sulfonamides is 1. The number of anilines is 1. The van der Waals surface area contributed by atoms with Crippen molar-refractivity contribution in [1.82, 2.24) is 9.71 Å². The Labute approximate surface area is 221 Å². The van der Waals surface area contributed by atoms with E-state index < -0.39 is 21.6 Å². The number of pyridine rings is 1. The van der Waals surface area contributed by atoms with Crippen molar-refractivity contribution in [3.05, 3.63) is 68.3 Å². The molecule has 0 aliphatic carbocycles. The van der Waals surface area contributed by atoms with Gasteiger partial charge in [-0.25, -0.2) is 18.1 Å². The Morgan fingerprint density at radius 3 is 2.51 bits per heavy atom. The number of quaternary nitrogens is 1. The van der Waals surface area contributed by atoms with Gasteiger partial charge in [0.15, 0.2) is 10.5 Å². The molecule has 0 amide bonds. The summed E-state index contributed by atoms with van der Waals surface area (Å²) in [6, 6.07) is 6.22. The average molecular weight is 547 g/mol. The molecule has 5 N–H and O–H groups in total. The predicted octanol–water partition coefficient (Wildman–Crippen LogP) is 3.89. The maximum Gasteiger partial charge on any atom is 0.260 e. The zero-order chi connectivity index (χ0) is 27.7. The first kappa shape index (κ1) is 28.5. The highest BCUT2D eigenvalue weighted by molar-refractivity contribution is 7.89. The van der Waals surface area contributed by atoms with Crippen LogP contribution < -0.4 is 20.8 Å². The van der Waals surface area contributed by atoms with Crippen LogP contribution in [0.3, 0.4) is 0 Å². The van der Waals surface area contributed by atoms with Crippen LogP contribution in [0, 0.1) is 19.3 Å². The summed E-state index contributed by atoms with van der Waals surface area (Å²) in [5.74, 6) is 0.314. The molecule has 0 saturated carbocycles. The van der Waals surface area contributed by atoms with Crippen LogP contribution in [-0.2, 0) is 10.0 Å². The third-order valence-electron chi connectivity index (χ3n) is 5.52. The Bertz CT molecular complexity index is 1560. The zero-order valence-corrected chi connectivity index (χ0v) is 23.6. The maximum absolute atomic E-state index is 13.3. The van der Waals surface area contributed by atoms with Crippen molar-refractivity contribution in [3.8, 4) is 0 Å². The van der Waals surface area contributed by atoms with Gasteiger partial charge in [0.2, 0.25) is 0 Å². The molecule has 1 atom stereocenters. The molecule has 11 heteroatoms. The molecule has 198 valence electrons. The maximum atomic E-state index is 13.3. The van der Waals surface area contributed by atoms with E-state index in [1.54, 1.807) is 51.3 Å². The van der Waals surface area contributed by atoms with Crippen LogP contribution in [0.1, 0.15) is 56.2 Å². The monoisotopic (exact) mass is 546 g/mol. The van der Waals surface area contributed by atoms with Crippen molar-refractivity contribution in [2.75, 3.05) is 12.4 Å². The van der Waals surface area contributed by atoms with Gasteiger partial charge in [-0.1, -0.05) is 17.7 Å². The van der Waals surface area contributed by atoms with Gasteiger partial charge in [-0.2, -0.15) is 0 Å². The molecule has 0 radical (unpaired) electrons. The molecule has 0 unspecified atom stereocenters. The summed E-state index contributed by atoms with van der Waals surface area (Å²) < 4.78 is 35.1. The molecule has 2 heterocycles. The second-order valence-electron chi connectivity index (χ2n) is 9.92. The lowest BCUT2D eigenvalue weighted by Crippen LogP contribution is -2.72. The molecular formula is C26H33ClN5O4S+. The third-order valence-corrected chi connectivity index (χ3v) is 7.43. The molecule has 37 heavy (non-hydrogen) atoms. The normalized spacial score (nSPS) is 13.6. The van der Waals surface area contributed by atoms with E-state index >= 15 is 0 Å². The minimum absolute atomic E-state index is 0.0401. The van der Waals surface area contributed by atoms with E-state index in [1.165, 1.54) is 6.07 Å². The van der Waals surface area contributed by atoms with E-state index in [0.29, 0.717) is 33.4 Å². The van der Waals surface area contributed by atoms with E-state index in [0.717, 1.165) is 11.8 Å². The van der Waals surface area contributed by atoms with Gasteiger partial charge < -0.3 is 20.5 Å². The zero-order valence-electron chi connectivity index (χ0n) is 22.0. The van der Waals surface area contributed by atoms with Crippen LogP contribution in [0.4, 0.5) is 5.69 Å². The van der Waals surface area contributed by atoms with Crippen molar-refractivity contribution in [2.24, 2.45) is 0 Å². The summed E-state index contributed by atoms with van der Waals surface area (Å²) in [6.07, 6.45) is 2.85. The number of allylic oxidation sites excluding steroid dienone is 1. The summed E-state index contributed by atoms with van der Waals surface area (Å²) in [7, 11) is -2.19. The highest BCUT2D eigenvalue weighted by Gasteiger charge is 2.28. The van der Waals surface area contributed by atoms with Crippen molar-refractivity contribution >= 4 is 50.1 Å². The molecule has 0 aliphatic rings. The van der Waals surface area contributed by atoms with Crippen LogP contribution in [-0.4, -0.2) is 32.2 Å². The standard InChI is InChI=1S/C26H32ClN5O4S/c1-14-10-18(24-19(11-14)22(33)15(2)23(36-24)17(12-28)13-29-7)16(3)30-20-8-9-21(27)31-25(20)37(34,35)32-26(4,5)6/h8-13,16,28-30,32H,1-7H3/p+1/b17-13+,28-12?/t16-/m1/s1. The van der Waals surface area contributed by atoms with Crippen LogP contribution >= 0.6 is 11.6 Å². The number of nitrogens with zero attached hydrogens (tertiary/aromatic N) is 1. The molecule has 0 spiro atoms. The second kappa shape index (κ2) is 10.7. The van der Waals surface area contributed by atoms with Gasteiger partial charge in [0.1, 0.15) is 22.7 Å². The quantitative estimate of drug-likeness (QED) is 0.249. The Hall–Kier alpha value is -3.05. The number of hydrogen-bond acceptors (Lipinski definition) is 7. The van der Waals surface area contributed by atoms with Gasteiger partial charge >= 0.3 is 0 Å². The predicted molar refractivity (Wildman–Crippen MR) is 148 cm³/mol. The fourth-order valence-corrected chi connectivity index (χ4v) is 5.76. The minimum Gasteiger partial charge on any atom is -0.455 e. The number of nitrogens with one attached hydrogen (secondary N) is 3. The average Bonchev–Trinajstić information content (AvgIpc) is 2.79. The van der Waals surface area contributed by atoms with Crippen LogP contribution in [0.5, 0.6) is 0 Å². The van der Waals surface area contributed by atoms with Gasteiger partial charge in [-0.3, -0.25) is 4.79 Å². The Balaban J connectivity index is 2.20. The number of nitrogens with two attached hydrogens (primary N) is 1. The van der Waals surface area contributed by atoms with Crippen molar-refractivity contribution in [1.29, 1.82) is 5.41 Å². The van der Waals surface area contributed by atoms with E-state index in [-0.39, 0.29) is 21.3 Å². The van der Waals surface area contributed by atoms with Crippen molar-refractivity contribution < 1.29 is 18.2 Å². The summed E-state index contributed by atoms with van der Waals surface area (Å²) >= 11 is 6.06. The van der Waals surface area contributed by atoms with Crippen molar-refractivity contribution in [2.45, 2.75) is 58.1 Å². The number of aromatic nitrogens is 1. The first-order valence-electron chi connectivity index (χ1n) is 11.7. The first-order valence-corrected chi connectivity index (χ1v) is 13.6. The van der Waals surface area contributed by atoms with Crippen molar-refractivity contribution in [3.63, 3.8) is 0 Å². The number of aryl methyl sites for hydroxylation is 1. The number of benzene rings is 1. The summed E-state index contributed by atoms with van der Waals surface area (Å²) in [5.41, 5.74) is 2.06. The number of hydrogen-bond donors (Lipinski definition) is 4. The van der Waals surface area contributed by atoms with Crippen LogP contribution in [0.25, 0.3) is 16.5 Å². The van der Waals surface area contributed by atoms with Gasteiger partial charge in [-0.05, 0) is 65.3 Å². The van der Waals surface area contributed by atoms with E-state index in [9.17, 15) is 13.2 Å². The number of rotatable bonds is 8. The highest BCUT2D eigenvalue weighted by Crippen LogP contribution is 2.32. The second-order valence-corrected chi connectivity index (χ2v) is 11.9. The first-order chi connectivity index (χ1) is 17.2. The molecule has 0 aliphatic heterocycles. The molecule has 2 aromatic heterocycles. The van der Waals surface area contributed by atoms with Gasteiger partial charge in [0.05, 0.1) is 29.7 Å². The lowest BCUT2D eigenvalue weighted by molar-refractivity contribution is -0.555. The molecule has 3 rings (SSSR count). The fourth-order valence-electron chi connectivity index (χ4n) is 4.03. The van der Waals surface area contributed by atoms with Gasteiger partial charge in [-0.15, -0.1) is 0 Å². The summed E-state index contributed by atoms with van der Waals surface area (Å²) in [4.78, 5) is 17.4. The van der Waals surface area contributed by atoms with E-state index in [2.05, 4.69) is 15.0 Å². The van der Waals surface area contributed by atoms with E-state index in [1.807, 2.05) is 27.0 Å². The Kier molecular flexibility index (Phi) is 8.28. The molecule has 0 bridgehead atoms. The van der Waals surface area contributed by atoms with Gasteiger partial charge in [0.25, 0.3) is 10.0 Å². The fraction of sp³-hybridized carbons (Fsp3) is 0.346. The lowest BCUT2D eigenvalue weighted by atomic mass is 9.99. The lowest BCUT2D eigenvalue weighted by Gasteiger charge is -2.23. The van der Waals surface area contributed by atoms with Crippen LogP contribution in [0.15, 0.2) is 44.7 Å². The largest absolute Gasteiger partial charge is 0.455 e.